The predicted molar refractivity (Wildman–Crippen MR) is 22.3 cm³/mol. The van der Waals surface area contributed by atoms with E-state index >= 15 is 0 Å². The molecule has 0 rings (SSSR count). The van der Waals surface area contributed by atoms with Crippen molar-refractivity contribution in [2.75, 3.05) is 6.67 Å². The molecule has 0 aliphatic heterocycles. The molecule has 6 heavy (non-hydrogen) atoms. The molecule has 0 amide bonds. The van der Waals surface area contributed by atoms with Gasteiger partial charge < -0.3 is 5.11 Å². The average Bonchev–Trinajstić information content (AvgIpc) is 1.35. The standard InChI is InChI=1S/C4H9FO/c1-4(6)2-3-5/h4,6H,2-3H2,1H3. The van der Waals surface area contributed by atoms with Gasteiger partial charge in [-0.3, -0.25) is 4.39 Å². The summed E-state index contributed by atoms with van der Waals surface area (Å²) in [6.45, 7) is 1.15. The highest BCUT2D eigenvalue weighted by atomic mass is 19.1. The third-order valence-corrected chi connectivity index (χ3v) is 0.527. The molecule has 0 bridgehead atoms. The Bertz CT molecular complexity index is 28.7. The molecule has 0 saturated heterocycles. The Kier molecular flexibility index (Phi) is 3.04. The van der Waals surface area contributed by atoms with Crippen LogP contribution in [0.4, 0.5) is 4.39 Å². The van der Waals surface area contributed by atoms with Crippen molar-refractivity contribution >= 4 is 0 Å². The smallest absolute Gasteiger partial charge is 0.0918 e. The van der Waals surface area contributed by atoms with Crippen molar-refractivity contribution < 1.29 is 9.50 Å². The SMILES string of the molecule is CC(O)CCF. The van der Waals surface area contributed by atoms with E-state index in [9.17, 15) is 4.39 Å². The van der Waals surface area contributed by atoms with Gasteiger partial charge in [-0.15, -0.1) is 0 Å². The molecule has 0 radical (unpaired) electrons. The maximum Gasteiger partial charge on any atom is 0.0918 e. The summed E-state index contributed by atoms with van der Waals surface area (Å²) < 4.78 is 11.1. The van der Waals surface area contributed by atoms with Crippen LogP contribution in [0.25, 0.3) is 0 Å². The topological polar surface area (TPSA) is 20.2 Å². The molecule has 0 aromatic rings. The van der Waals surface area contributed by atoms with E-state index in [1.807, 2.05) is 0 Å². The van der Waals surface area contributed by atoms with Gasteiger partial charge in [-0.25, -0.2) is 0 Å². The number of aliphatic hydroxyl groups excluding tert-OH is 1. The monoisotopic (exact) mass is 92.1 g/mol. The molecule has 0 aliphatic rings. The van der Waals surface area contributed by atoms with E-state index < -0.39 is 12.8 Å². The fourth-order valence-corrected chi connectivity index (χ4v) is 0.158. The van der Waals surface area contributed by atoms with Gasteiger partial charge >= 0.3 is 0 Å². The van der Waals surface area contributed by atoms with Crippen molar-refractivity contribution in [3.05, 3.63) is 0 Å². The van der Waals surface area contributed by atoms with Gasteiger partial charge in [-0.1, -0.05) is 0 Å². The van der Waals surface area contributed by atoms with Crippen molar-refractivity contribution in [1.82, 2.24) is 0 Å². The molecule has 0 fully saturated rings. The van der Waals surface area contributed by atoms with Gasteiger partial charge in [-0.05, 0) is 6.92 Å². The fraction of sp³-hybridized carbons (Fsp3) is 1.00. The Balaban J connectivity index is 2.63. The minimum atomic E-state index is -0.477. The van der Waals surface area contributed by atoms with E-state index in [2.05, 4.69) is 0 Å². The molecule has 0 aliphatic carbocycles. The molecular formula is C4H9FO. The van der Waals surface area contributed by atoms with Crippen molar-refractivity contribution in [1.29, 1.82) is 0 Å². The zero-order chi connectivity index (χ0) is 4.99. The third kappa shape index (κ3) is 3.89. The minimum Gasteiger partial charge on any atom is -0.393 e. The lowest BCUT2D eigenvalue weighted by molar-refractivity contribution is 0.172. The maximum atomic E-state index is 11.1. The Morgan fingerprint density at radius 1 is 1.83 bits per heavy atom. The van der Waals surface area contributed by atoms with Crippen LogP contribution in [-0.2, 0) is 0 Å². The van der Waals surface area contributed by atoms with Crippen molar-refractivity contribution in [3.63, 3.8) is 0 Å². The van der Waals surface area contributed by atoms with Crippen LogP contribution in [0.2, 0.25) is 0 Å². The van der Waals surface area contributed by atoms with E-state index in [0.717, 1.165) is 0 Å². The summed E-state index contributed by atoms with van der Waals surface area (Å²) in [7, 11) is 0. The average molecular weight is 92.1 g/mol. The number of halogens is 1. The summed E-state index contributed by atoms with van der Waals surface area (Å²) in [4.78, 5) is 0. The van der Waals surface area contributed by atoms with Crippen molar-refractivity contribution in [2.45, 2.75) is 19.4 Å². The predicted octanol–water partition coefficient (Wildman–Crippen LogP) is 0.727. The summed E-state index contributed by atoms with van der Waals surface area (Å²) in [6.07, 6.45) is -0.213. The second-order valence-electron chi connectivity index (χ2n) is 1.33. The molecule has 0 saturated carbocycles. The molecule has 1 N–H and O–H groups in total. The number of hydrogen-bond acceptors (Lipinski definition) is 1. The van der Waals surface area contributed by atoms with E-state index in [1.165, 1.54) is 0 Å². The molecule has 0 spiro atoms. The maximum absolute atomic E-state index is 11.1. The summed E-state index contributed by atoms with van der Waals surface area (Å²) in [5.41, 5.74) is 0. The second kappa shape index (κ2) is 3.09. The largest absolute Gasteiger partial charge is 0.393 e. The lowest BCUT2D eigenvalue weighted by Crippen LogP contribution is -1.98. The van der Waals surface area contributed by atoms with Gasteiger partial charge in [0.1, 0.15) is 0 Å². The van der Waals surface area contributed by atoms with Crippen LogP contribution in [-0.4, -0.2) is 17.9 Å². The Morgan fingerprint density at radius 3 is 2.33 bits per heavy atom. The molecular weight excluding hydrogens is 83.0 g/mol. The number of alkyl halides is 1. The first kappa shape index (κ1) is 5.89. The van der Waals surface area contributed by atoms with Crippen LogP contribution >= 0.6 is 0 Å². The summed E-state index contributed by atoms with van der Waals surface area (Å²) in [5, 5.41) is 8.31. The molecule has 0 heterocycles. The van der Waals surface area contributed by atoms with E-state index in [0.29, 0.717) is 0 Å². The molecule has 1 atom stereocenters. The zero-order valence-corrected chi connectivity index (χ0v) is 3.82. The van der Waals surface area contributed by atoms with E-state index in [-0.39, 0.29) is 6.42 Å². The minimum absolute atomic E-state index is 0.264. The van der Waals surface area contributed by atoms with Gasteiger partial charge in [-0.2, -0.15) is 0 Å². The van der Waals surface area contributed by atoms with Crippen LogP contribution in [0.15, 0.2) is 0 Å². The van der Waals surface area contributed by atoms with Crippen LogP contribution in [0.5, 0.6) is 0 Å². The Morgan fingerprint density at radius 2 is 2.33 bits per heavy atom. The first-order valence-electron chi connectivity index (χ1n) is 2.01. The third-order valence-electron chi connectivity index (χ3n) is 0.527. The summed E-state index contributed by atoms with van der Waals surface area (Å²) in [6, 6.07) is 0. The quantitative estimate of drug-likeness (QED) is 0.532. The molecule has 1 nitrogen and oxygen atoms in total. The van der Waals surface area contributed by atoms with Gasteiger partial charge in [0, 0.05) is 6.42 Å². The first-order chi connectivity index (χ1) is 2.77. The molecule has 1 unspecified atom stereocenters. The first-order valence-corrected chi connectivity index (χ1v) is 2.01. The van der Waals surface area contributed by atoms with Crippen molar-refractivity contribution in [3.8, 4) is 0 Å². The highest BCUT2D eigenvalue weighted by Crippen LogP contribution is 1.86. The highest BCUT2D eigenvalue weighted by Gasteiger charge is 1.89. The van der Waals surface area contributed by atoms with Gasteiger partial charge in [0.2, 0.25) is 0 Å². The number of aliphatic hydroxyl groups is 1. The van der Waals surface area contributed by atoms with E-state index in [4.69, 9.17) is 5.11 Å². The van der Waals surface area contributed by atoms with Crippen molar-refractivity contribution in [2.24, 2.45) is 0 Å². The number of rotatable bonds is 2. The van der Waals surface area contributed by atoms with Crippen LogP contribution in [0.1, 0.15) is 13.3 Å². The highest BCUT2D eigenvalue weighted by molar-refractivity contribution is 4.40. The summed E-state index contributed by atoms with van der Waals surface area (Å²) in [5.74, 6) is 0. The van der Waals surface area contributed by atoms with Crippen LogP contribution in [0.3, 0.4) is 0 Å². The summed E-state index contributed by atoms with van der Waals surface area (Å²) >= 11 is 0. The lowest BCUT2D eigenvalue weighted by Gasteiger charge is -1.93. The van der Waals surface area contributed by atoms with Crippen LogP contribution < -0.4 is 0 Å². The van der Waals surface area contributed by atoms with Crippen LogP contribution in [0, 0.1) is 0 Å². The van der Waals surface area contributed by atoms with Gasteiger partial charge in [0.15, 0.2) is 0 Å². The molecule has 0 aromatic carbocycles. The normalized spacial score (nSPS) is 14.5. The second-order valence-corrected chi connectivity index (χ2v) is 1.33. The molecule has 38 valence electrons. The van der Waals surface area contributed by atoms with Gasteiger partial charge in [0.05, 0.1) is 12.8 Å². The Labute approximate surface area is 36.8 Å². The number of hydrogen-bond donors (Lipinski definition) is 1. The zero-order valence-electron chi connectivity index (χ0n) is 3.82. The molecule has 0 aromatic heterocycles. The van der Waals surface area contributed by atoms with E-state index in [1.54, 1.807) is 6.92 Å². The van der Waals surface area contributed by atoms with Gasteiger partial charge in [0.25, 0.3) is 0 Å². The Hall–Kier alpha value is -0.110. The molecule has 2 heteroatoms. The fourth-order valence-electron chi connectivity index (χ4n) is 0.158. The lowest BCUT2D eigenvalue weighted by atomic mass is 10.3.